The summed E-state index contributed by atoms with van der Waals surface area (Å²) in [5.74, 6) is 0.917. The molecule has 4 nitrogen and oxygen atoms in total. The highest BCUT2D eigenvalue weighted by Gasteiger charge is 2.14. The Bertz CT molecular complexity index is 399. The Hall–Kier alpha value is -0.940. The van der Waals surface area contributed by atoms with Crippen molar-refractivity contribution in [1.29, 1.82) is 0 Å². The minimum atomic E-state index is 0.187. The van der Waals surface area contributed by atoms with Crippen molar-refractivity contribution in [3.63, 3.8) is 0 Å². The Balaban J connectivity index is 1.56. The number of carbonyl (C=O) groups excluding carboxylic acids is 1. The number of aromatic nitrogens is 1. The van der Waals surface area contributed by atoms with Crippen LogP contribution in [0.25, 0.3) is 0 Å². The Kier molecular flexibility index (Phi) is 5.79. The predicted molar refractivity (Wildman–Crippen MR) is 78.4 cm³/mol. The van der Waals surface area contributed by atoms with Crippen LogP contribution in [0.15, 0.2) is 5.38 Å². The van der Waals surface area contributed by atoms with Gasteiger partial charge in [0.05, 0.1) is 5.01 Å². The van der Waals surface area contributed by atoms with Crippen molar-refractivity contribution in [3.8, 4) is 0 Å². The fourth-order valence-corrected chi connectivity index (χ4v) is 3.20. The van der Waals surface area contributed by atoms with Crippen LogP contribution >= 0.6 is 11.3 Å². The van der Waals surface area contributed by atoms with E-state index >= 15 is 0 Å². The highest BCUT2D eigenvalue weighted by Crippen LogP contribution is 2.17. The molecule has 1 aromatic rings. The van der Waals surface area contributed by atoms with Gasteiger partial charge in [0.2, 0.25) is 5.91 Å². The molecule has 0 spiro atoms. The monoisotopic (exact) mass is 281 g/mol. The third kappa shape index (κ3) is 5.28. The van der Waals surface area contributed by atoms with Gasteiger partial charge in [-0.1, -0.05) is 0 Å². The SMILES string of the molecule is Cc1csc(CCNC(=O)CCC2CCNCC2)n1. The second-order valence-corrected chi connectivity index (χ2v) is 6.16. The quantitative estimate of drug-likeness (QED) is 0.837. The molecule has 1 amide bonds. The Morgan fingerprint density at radius 2 is 2.32 bits per heavy atom. The minimum absolute atomic E-state index is 0.187. The molecule has 1 aliphatic heterocycles. The first kappa shape index (κ1) is 14.5. The first-order chi connectivity index (χ1) is 9.24. The molecule has 0 saturated carbocycles. The summed E-state index contributed by atoms with van der Waals surface area (Å²) in [5.41, 5.74) is 1.07. The molecule has 2 N–H and O–H groups in total. The number of piperidine rings is 1. The van der Waals surface area contributed by atoms with E-state index < -0.39 is 0 Å². The van der Waals surface area contributed by atoms with Crippen LogP contribution in [0.4, 0.5) is 0 Å². The molecule has 2 rings (SSSR count). The maximum Gasteiger partial charge on any atom is 0.220 e. The molecule has 19 heavy (non-hydrogen) atoms. The van der Waals surface area contributed by atoms with E-state index in [1.807, 2.05) is 12.3 Å². The van der Waals surface area contributed by atoms with Crippen LogP contribution in [0.1, 0.15) is 36.4 Å². The topological polar surface area (TPSA) is 54.0 Å². The zero-order valence-corrected chi connectivity index (χ0v) is 12.4. The lowest BCUT2D eigenvalue weighted by molar-refractivity contribution is -0.121. The number of rotatable bonds is 6. The van der Waals surface area contributed by atoms with Gasteiger partial charge in [-0.2, -0.15) is 0 Å². The predicted octanol–water partition coefficient (Wildman–Crippen LogP) is 1.89. The van der Waals surface area contributed by atoms with Gasteiger partial charge in [0.15, 0.2) is 0 Å². The van der Waals surface area contributed by atoms with Crippen molar-refractivity contribution >= 4 is 17.2 Å². The number of carbonyl (C=O) groups is 1. The zero-order valence-electron chi connectivity index (χ0n) is 11.6. The van der Waals surface area contributed by atoms with Gasteiger partial charge in [0.25, 0.3) is 0 Å². The van der Waals surface area contributed by atoms with Crippen LogP contribution in [-0.4, -0.2) is 30.5 Å². The highest BCUT2D eigenvalue weighted by atomic mass is 32.1. The standard InChI is InChI=1S/C14H23N3OS/c1-11-10-19-14(17-11)6-9-16-13(18)3-2-12-4-7-15-8-5-12/h10,12,15H,2-9H2,1H3,(H,16,18). The van der Waals surface area contributed by atoms with Crippen molar-refractivity contribution in [2.75, 3.05) is 19.6 Å². The molecule has 0 aromatic carbocycles. The molecular weight excluding hydrogens is 258 g/mol. The smallest absolute Gasteiger partial charge is 0.220 e. The van der Waals surface area contributed by atoms with E-state index in [0.717, 1.165) is 42.6 Å². The molecule has 0 radical (unpaired) electrons. The summed E-state index contributed by atoms with van der Waals surface area (Å²) >= 11 is 1.67. The van der Waals surface area contributed by atoms with E-state index in [-0.39, 0.29) is 5.91 Å². The van der Waals surface area contributed by atoms with Crippen LogP contribution in [0.5, 0.6) is 0 Å². The van der Waals surface area contributed by atoms with E-state index in [4.69, 9.17) is 0 Å². The van der Waals surface area contributed by atoms with Crippen LogP contribution in [-0.2, 0) is 11.2 Å². The van der Waals surface area contributed by atoms with E-state index in [9.17, 15) is 4.79 Å². The fraction of sp³-hybridized carbons (Fsp3) is 0.714. The van der Waals surface area contributed by atoms with Gasteiger partial charge in [0, 0.05) is 30.5 Å². The van der Waals surface area contributed by atoms with Crippen LogP contribution < -0.4 is 10.6 Å². The molecule has 5 heteroatoms. The van der Waals surface area contributed by atoms with Gasteiger partial charge >= 0.3 is 0 Å². The minimum Gasteiger partial charge on any atom is -0.356 e. The lowest BCUT2D eigenvalue weighted by atomic mass is 9.93. The van der Waals surface area contributed by atoms with Crippen LogP contribution in [0.2, 0.25) is 0 Å². The summed E-state index contributed by atoms with van der Waals surface area (Å²) < 4.78 is 0. The summed E-state index contributed by atoms with van der Waals surface area (Å²) in [5, 5.41) is 9.50. The number of hydrogen-bond acceptors (Lipinski definition) is 4. The Morgan fingerprint density at radius 3 is 3.00 bits per heavy atom. The number of nitrogens with one attached hydrogen (secondary N) is 2. The average molecular weight is 281 g/mol. The molecule has 1 aliphatic rings. The lowest BCUT2D eigenvalue weighted by Crippen LogP contribution is -2.30. The van der Waals surface area contributed by atoms with Gasteiger partial charge in [-0.15, -0.1) is 11.3 Å². The van der Waals surface area contributed by atoms with Crippen LogP contribution in [0, 0.1) is 12.8 Å². The molecule has 2 heterocycles. The number of nitrogens with zero attached hydrogens (tertiary/aromatic N) is 1. The van der Waals surface area contributed by atoms with Gasteiger partial charge in [0.1, 0.15) is 0 Å². The van der Waals surface area contributed by atoms with Crippen molar-refractivity contribution in [3.05, 3.63) is 16.1 Å². The van der Waals surface area contributed by atoms with Crippen LogP contribution in [0.3, 0.4) is 0 Å². The van der Waals surface area contributed by atoms with E-state index in [0.29, 0.717) is 13.0 Å². The third-order valence-electron chi connectivity index (χ3n) is 3.57. The first-order valence-electron chi connectivity index (χ1n) is 7.12. The van der Waals surface area contributed by atoms with Crippen molar-refractivity contribution < 1.29 is 4.79 Å². The normalized spacial score (nSPS) is 16.5. The largest absolute Gasteiger partial charge is 0.356 e. The lowest BCUT2D eigenvalue weighted by Gasteiger charge is -2.22. The Morgan fingerprint density at radius 1 is 1.53 bits per heavy atom. The molecular formula is C14H23N3OS. The Labute approximate surface area is 119 Å². The molecule has 1 fully saturated rings. The number of amides is 1. The van der Waals surface area contributed by atoms with Gasteiger partial charge in [-0.3, -0.25) is 4.79 Å². The molecule has 0 unspecified atom stereocenters. The number of hydrogen-bond donors (Lipinski definition) is 2. The summed E-state index contributed by atoms with van der Waals surface area (Å²) in [7, 11) is 0. The van der Waals surface area contributed by atoms with Crippen molar-refractivity contribution in [1.82, 2.24) is 15.6 Å². The maximum absolute atomic E-state index is 11.7. The second kappa shape index (κ2) is 7.60. The number of thiazole rings is 1. The van der Waals surface area contributed by atoms with Crippen molar-refractivity contribution in [2.45, 2.75) is 39.0 Å². The van der Waals surface area contributed by atoms with E-state index in [1.165, 1.54) is 12.8 Å². The van der Waals surface area contributed by atoms with Gasteiger partial charge in [-0.05, 0) is 45.2 Å². The third-order valence-corrected chi connectivity index (χ3v) is 4.59. The summed E-state index contributed by atoms with van der Waals surface area (Å²) in [6, 6.07) is 0. The van der Waals surface area contributed by atoms with Gasteiger partial charge in [-0.25, -0.2) is 4.98 Å². The second-order valence-electron chi connectivity index (χ2n) is 5.21. The maximum atomic E-state index is 11.7. The summed E-state index contributed by atoms with van der Waals surface area (Å²) in [4.78, 5) is 16.1. The first-order valence-corrected chi connectivity index (χ1v) is 8.00. The summed E-state index contributed by atoms with van der Waals surface area (Å²) in [6.07, 6.45) is 4.97. The molecule has 1 aromatic heterocycles. The molecule has 0 atom stereocenters. The highest BCUT2D eigenvalue weighted by molar-refractivity contribution is 7.09. The van der Waals surface area contributed by atoms with E-state index in [1.54, 1.807) is 11.3 Å². The zero-order chi connectivity index (χ0) is 13.5. The fourth-order valence-electron chi connectivity index (χ4n) is 2.42. The number of aryl methyl sites for hydroxylation is 1. The van der Waals surface area contributed by atoms with E-state index in [2.05, 4.69) is 15.6 Å². The van der Waals surface area contributed by atoms with Crippen molar-refractivity contribution in [2.24, 2.45) is 5.92 Å². The summed E-state index contributed by atoms with van der Waals surface area (Å²) in [6.45, 7) is 4.92. The van der Waals surface area contributed by atoms with Gasteiger partial charge < -0.3 is 10.6 Å². The average Bonchev–Trinajstić information content (AvgIpc) is 2.83. The molecule has 0 aliphatic carbocycles. The molecule has 1 saturated heterocycles. The molecule has 0 bridgehead atoms. The molecule has 106 valence electrons.